The van der Waals surface area contributed by atoms with E-state index in [0.29, 0.717) is 6.54 Å². The Morgan fingerprint density at radius 1 is 0.867 bits per heavy atom. The fraction of sp³-hybridized carbons (Fsp3) is 0.250. The Morgan fingerprint density at radius 2 is 1.63 bits per heavy atom. The molecule has 152 valence electrons. The first-order valence-corrected chi connectivity index (χ1v) is 10.4. The van der Waals surface area contributed by atoms with Gasteiger partial charge in [-0.25, -0.2) is 4.98 Å². The molecule has 2 aromatic carbocycles. The maximum Gasteiger partial charge on any atom is 0.228 e. The lowest BCUT2D eigenvalue weighted by Crippen LogP contribution is -2.47. The molecule has 0 amide bonds. The van der Waals surface area contributed by atoms with Crippen molar-refractivity contribution in [2.24, 2.45) is 0 Å². The zero-order valence-electron chi connectivity index (χ0n) is 17.1. The van der Waals surface area contributed by atoms with Gasteiger partial charge >= 0.3 is 0 Å². The van der Waals surface area contributed by atoms with Crippen LogP contribution in [0.1, 0.15) is 11.3 Å². The number of fused-ring (bicyclic) bond motifs is 1. The number of nitrogens with one attached hydrogen (secondary N) is 1. The molecule has 2 aromatic heterocycles. The van der Waals surface area contributed by atoms with Crippen molar-refractivity contribution in [3.8, 4) is 0 Å². The molecule has 1 aliphatic rings. The molecule has 4 aromatic rings. The molecule has 0 spiro atoms. The maximum atomic E-state index is 5.45. The monoisotopic (exact) mass is 399 g/mol. The number of aryl methyl sites for hydroxylation is 1. The molecule has 1 saturated heterocycles. The van der Waals surface area contributed by atoms with Crippen molar-refractivity contribution in [1.82, 2.24) is 9.97 Å². The van der Waals surface area contributed by atoms with E-state index >= 15 is 0 Å². The Balaban J connectivity index is 1.36. The average Bonchev–Trinajstić information content (AvgIpc) is 3.32. The van der Waals surface area contributed by atoms with Gasteiger partial charge in [-0.3, -0.25) is 0 Å². The number of aromatic nitrogens is 2. The number of benzene rings is 2. The van der Waals surface area contributed by atoms with Crippen LogP contribution in [0.15, 0.2) is 71.3 Å². The van der Waals surface area contributed by atoms with Crippen LogP contribution in [0, 0.1) is 6.92 Å². The van der Waals surface area contributed by atoms with Gasteiger partial charge in [-0.1, -0.05) is 29.8 Å². The lowest BCUT2D eigenvalue weighted by molar-refractivity contribution is 0.518. The van der Waals surface area contributed by atoms with Gasteiger partial charge in [0.2, 0.25) is 5.95 Å². The van der Waals surface area contributed by atoms with Gasteiger partial charge in [0.1, 0.15) is 11.6 Å². The van der Waals surface area contributed by atoms with Crippen molar-refractivity contribution in [3.63, 3.8) is 0 Å². The van der Waals surface area contributed by atoms with E-state index in [9.17, 15) is 0 Å². The highest BCUT2D eigenvalue weighted by molar-refractivity contribution is 5.90. The molecule has 0 atom stereocenters. The fourth-order valence-corrected chi connectivity index (χ4v) is 3.84. The fourth-order valence-electron chi connectivity index (χ4n) is 3.84. The minimum Gasteiger partial charge on any atom is -0.467 e. The third kappa shape index (κ3) is 3.81. The Bertz CT molecular complexity index is 1120. The van der Waals surface area contributed by atoms with Gasteiger partial charge in [-0.2, -0.15) is 4.98 Å². The van der Waals surface area contributed by atoms with Crippen molar-refractivity contribution in [2.75, 3.05) is 41.3 Å². The quantitative estimate of drug-likeness (QED) is 0.534. The molecule has 6 heteroatoms. The first kappa shape index (κ1) is 18.5. The van der Waals surface area contributed by atoms with Crippen LogP contribution in [0.25, 0.3) is 10.9 Å². The highest BCUT2D eigenvalue weighted by Gasteiger charge is 2.20. The largest absolute Gasteiger partial charge is 0.467 e. The van der Waals surface area contributed by atoms with Crippen LogP contribution >= 0.6 is 0 Å². The lowest BCUT2D eigenvalue weighted by Gasteiger charge is -2.36. The molecule has 30 heavy (non-hydrogen) atoms. The highest BCUT2D eigenvalue weighted by Crippen LogP contribution is 2.25. The second kappa shape index (κ2) is 8.06. The summed E-state index contributed by atoms with van der Waals surface area (Å²) < 4.78 is 5.45. The van der Waals surface area contributed by atoms with Crippen molar-refractivity contribution < 1.29 is 4.42 Å². The molecule has 1 fully saturated rings. The molecule has 0 bridgehead atoms. The molecule has 1 N–H and O–H groups in total. The number of para-hydroxylation sites is 1. The first-order chi connectivity index (χ1) is 14.8. The molecular weight excluding hydrogens is 374 g/mol. The average molecular weight is 399 g/mol. The molecule has 0 aliphatic carbocycles. The van der Waals surface area contributed by atoms with Gasteiger partial charge in [-0.05, 0) is 43.3 Å². The van der Waals surface area contributed by atoms with E-state index in [1.54, 1.807) is 6.26 Å². The van der Waals surface area contributed by atoms with Crippen LogP contribution < -0.4 is 15.1 Å². The summed E-state index contributed by atoms with van der Waals surface area (Å²) in [7, 11) is 0. The zero-order valence-corrected chi connectivity index (χ0v) is 17.1. The van der Waals surface area contributed by atoms with E-state index in [2.05, 4.69) is 52.4 Å². The number of hydrogen-bond acceptors (Lipinski definition) is 6. The topological polar surface area (TPSA) is 57.4 Å². The van der Waals surface area contributed by atoms with Gasteiger partial charge in [0.05, 0.1) is 18.3 Å². The van der Waals surface area contributed by atoms with E-state index in [1.165, 1.54) is 11.3 Å². The van der Waals surface area contributed by atoms with Crippen LogP contribution in [0.5, 0.6) is 0 Å². The highest BCUT2D eigenvalue weighted by atomic mass is 16.3. The summed E-state index contributed by atoms with van der Waals surface area (Å²) in [4.78, 5) is 14.4. The molecule has 0 unspecified atom stereocenters. The summed E-state index contributed by atoms with van der Waals surface area (Å²) in [5.74, 6) is 2.50. The number of rotatable bonds is 5. The van der Waals surface area contributed by atoms with Crippen molar-refractivity contribution in [1.29, 1.82) is 0 Å². The third-order valence-electron chi connectivity index (χ3n) is 5.56. The number of nitrogens with zero attached hydrogens (tertiary/aromatic N) is 4. The van der Waals surface area contributed by atoms with Gasteiger partial charge < -0.3 is 19.5 Å². The number of hydrogen-bond donors (Lipinski definition) is 1. The Morgan fingerprint density at radius 3 is 2.40 bits per heavy atom. The Labute approximate surface area is 176 Å². The van der Waals surface area contributed by atoms with Crippen molar-refractivity contribution >= 4 is 28.4 Å². The molecule has 0 radical (unpaired) electrons. The van der Waals surface area contributed by atoms with E-state index in [1.807, 2.05) is 30.3 Å². The van der Waals surface area contributed by atoms with Crippen LogP contribution in [0.2, 0.25) is 0 Å². The summed E-state index contributed by atoms with van der Waals surface area (Å²) in [6.45, 7) is 6.40. The third-order valence-corrected chi connectivity index (χ3v) is 5.56. The van der Waals surface area contributed by atoms with Gasteiger partial charge in [0.25, 0.3) is 0 Å². The predicted molar refractivity (Wildman–Crippen MR) is 121 cm³/mol. The van der Waals surface area contributed by atoms with Gasteiger partial charge in [0.15, 0.2) is 0 Å². The second-order valence-electron chi connectivity index (χ2n) is 7.63. The number of furan rings is 1. The van der Waals surface area contributed by atoms with Gasteiger partial charge in [-0.15, -0.1) is 0 Å². The summed E-state index contributed by atoms with van der Waals surface area (Å²) in [6.07, 6.45) is 1.69. The smallest absolute Gasteiger partial charge is 0.228 e. The number of piperazine rings is 1. The normalized spacial score (nSPS) is 14.3. The van der Waals surface area contributed by atoms with Crippen LogP contribution in [-0.4, -0.2) is 36.1 Å². The summed E-state index contributed by atoms with van der Waals surface area (Å²) in [5, 5.41) is 4.45. The van der Waals surface area contributed by atoms with Crippen molar-refractivity contribution in [2.45, 2.75) is 13.5 Å². The molecule has 3 heterocycles. The number of anilines is 3. The van der Waals surface area contributed by atoms with E-state index in [0.717, 1.165) is 54.6 Å². The van der Waals surface area contributed by atoms with Crippen LogP contribution in [0.4, 0.5) is 17.5 Å². The Hall–Kier alpha value is -3.54. The molecule has 6 nitrogen and oxygen atoms in total. The summed E-state index contributed by atoms with van der Waals surface area (Å²) >= 11 is 0. The van der Waals surface area contributed by atoms with E-state index in [4.69, 9.17) is 14.4 Å². The second-order valence-corrected chi connectivity index (χ2v) is 7.63. The summed E-state index contributed by atoms with van der Waals surface area (Å²) in [6, 6.07) is 20.7. The first-order valence-electron chi connectivity index (χ1n) is 10.4. The molecular formula is C24H25N5O. The maximum absolute atomic E-state index is 5.45. The minimum absolute atomic E-state index is 0.592. The van der Waals surface area contributed by atoms with E-state index in [-0.39, 0.29) is 0 Å². The van der Waals surface area contributed by atoms with E-state index < -0.39 is 0 Å². The molecule has 5 rings (SSSR count). The lowest BCUT2D eigenvalue weighted by atomic mass is 10.2. The minimum atomic E-state index is 0.592. The van der Waals surface area contributed by atoms with Gasteiger partial charge in [0, 0.05) is 37.3 Å². The van der Waals surface area contributed by atoms with Crippen molar-refractivity contribution in [3.05, 3.63) is 78.3 Å². The Kier molecular flexibility index (Phi) is 4.97. The zero-order chi connectivity index (χ0) is 20.3. The molecule has 0 saturated carbocycles. The predicted octanol–water partition coefficient (Wildman–Crippen LogP) is 4.47. The van der Waals surface area contributed by atoms with Crippen LogP contribution in [0.3, 0.4) is 0 Å². The summed E-state index contributed by atoms with van der Waals surface area (Å²) in [5.41, 5.74) is 3.52. The standard InChI is InChI=1S/C24H25N5O/c1-18-8-10-19(11-9-18)28-12-14-29(15-13-28)24-26-22-7-3-2-6-21(22)23(27-24)25-17-20-5-4-16-30-20/h2-11,16H,12-15,17H2,1H3,(H,25,26,27). The molecule has 1 aliphatic heterocycles. The SMILES string of the molecule is Cc1ccc(N2CCN(c3nc(NCc4ccco4)c4ccccc4n3)CC2)cc1. The van der Waals surface area contributed by atoms with Crippen LogP contribution in [-0.2, 0) is 6.54 Å².